The third kappa shape index (κ3) is 4.98. The van der Waals surface area contributed by atoms with Crippen LogP contribution >= 0.6 is 0 Å². The zero-order chi connectivity index (χ0) is 22.7. The Morgan fingerprint density at radius 1 is 1.03 bits per heavy atom. The third-order valence-corrected chi connectivity index (χ3v) is 7.91. The van der Waals surface area contributed by atoms with Gasteiger partial charge in [0.2, 0.25) is 15.9 Å². The molecule has 1 saturated heterocycles. The first-order valence-corrected chi connectivity index (χ1v) is 12.8. The van der Waals surface area contributed by atoms with Gasteiger partial charge in [-0.15, -0.1) is 0 Å². The fraction of sp³-hybridized carbons (Fsp3) is 0.458. The van der Waals surface area contributed by atoms with Gasteiger partial charge < -0.3 is 9.80 Å². The van der Waals surface area contributed by atoms with Crippen molar-refractivity contribution < 1.29 is 13.2 Å². The molecule has 1 N–H and O–H groups in total. The van der Waals surface area contributed by atoms with Crippen molar-refractivity contribution in [1.82, 2.24) is 9.62 Å². The van der Waals surface area contributed by atoms with Crippen LogP contribution in [0.15, 0.2) is 53.4 Å². The first-order chi connectivity index (χ1) is 15.3. The van der Waals surface area contributed by atoms with Crippen LogP contribution in [0.1, 0.15) is 25.8 Å². The molecule has 2 aromatic rings. The third-order valence-electron chi connectivity index (χ3n) is 6.49. The van der Waals surface area contributed by atoms with Crippen LogP contribution in [0.2, 0.25) is 0 Å². The molecule has 2 aliphatic heterocycles. The number of hydrogen-bond donors (Lipinski definition) is 1. The number of aryl methyl sites for hydroxylation is 1. The molecule has 0 aromatic heterocycles. The van der Waals surface area contributed by atoms with Crippen LogP contribution in [0.25, 0.3) is 0 Å². The van der Waals surface area contributed by atoms with E-state index in [9.17, 15) is 13.2 Å². The van der Waals surface area contributed by atoms with Crippen LogP contribution in [-0.4, -0.2) is 64.5 Å². The number of para-hydroxylation sites is 1. The molecule has 0 saturated carbocycles. The number of piperazine rings is 1. The Kier molecular flexibility index (Phi) is 6.83. The summed E-state index contributed by atoms with van der Waals surface area (Å²) >= 11 is 0. The van der Waals surface area contributed by atoms with E-state index in [-0.39, 0.29) is 16.8 Å². The number of anilines is 2. The fourth-order valence-electron chi connectivity index (χ4n) is 4.57. The maximum absolute atomic E-state index is 12.9. The Balaban J connectivity index is 1.35. The van der Waals surface area contributed by atoms with Gasteiger partial charge in [0.15, 0.2) is 0 Å². The second kappa shape index (κ2) is 9.60. The van der Waals surface area contributed by atoms with Crippen molar-refractivity contribution in [2.24, 2.45) is 0 Å². The molecule has 1 fully saturated rings. The van der Waals surface area contributed by atoms with Gasteiger partial charge in [-0.25, -0.2) is 13.1 Å². The van der Waals surface area contributed by atoms with E-state index in [1.165, 1.54) is 5.69 Å². The number of sulfonamides is 1. The Morgan fingerprint density at radius 3 is 2.44 bits per heavy atom. The fourth-order valence-corrected chi connectivity index (χ4v) is 5.74. The highest BCUT2D eigenvalue weighted by atomic mass is 32.2. The zero-order valence-corrected chi connectivity index (χ0v) is 19.6. The van der Waals surface area contributed by atoms with Crippen LogP contribution in [0.4, 0.5) is 11.4 Å². The molecule has 7 nitrogen and oxygen atoms in total. The Bertz CT molecular complexity index is 1050. The lowest BCUT2D eigenvalue weighted by Gasteiger charge is -2.39. The van der Waals surface area contributed by atoms with Gasteiger partial charge in [0.05, 0.1) is 4.90 Å². The molecule has 2 aromatic carbocycles. The van der Waals surface area contributed by atoms with E-state index in [2.05, 4.69) is 45.7 Å². The van der Waals surface area contributed by atoms with Crippen molar-refractivity contribution in [3.05, 3.63) is 54.1 Å². The van der Waals surface area contributed by atoms with Gasteiger partial charge in [-0.2, -0.15) is 0 Å². The molecule has 4 rings (SSSR count). The molecule has 1 unspecified atom stereocenters. The van der Waals surface area contributed by atoms with E-state index in [0.717, 1.165) is 50.3 Å². The molecule has 1 amide bonds. The minimum absolute atomic E-state index is 0.0131. The van der Waals surface area contributed by atoms with Crippen LogP contribution in [0.3, 0.4) is 0 Å². The number of amides is 1. The summed E-state index contributed by atoms with van der Waals surface area (Å²) in [6, 6.07) is 15.6. The standard InChI is InChI=1S/C24H32N4O3S/c1-19(26-13-15-27(16-14-26)22-8-4-3-5-9-22)18-25-32(30,31)23-10-11-24-21(17-23)7-6-12-28(24)20(2)29/h3-5,8-11,17,19,25H,6-7,12-16,18H2,1-2H3. The van der Waals surface area contributed by atoms with Gasteiger partial charge in [0.25, 0.3) is 0 Å². The quantitative estimate of drug-likeness (QED) is 0.723. The largest absolute Gasteiger partial charge is 0.369 e. The number of nitrogens with one attached hydrogen (secondary N) is 1. The van der Waals surface area contributed by atoms with E-state index >= 15 is 0 Å². The maximum Gasteiger partial charge on any atom is 0.240 e. The van der Waals surface area contributed by atoms with Gasteiger partial charge in [-0.1, -0.05) is 18.2 Å². The molecular weight excluding hydrogens is 424 g/mol. The molecule has 32 heavy (non-hydrogen) atoms. The molecule has 8 heteroatoms. The van der Waals surface area contributed by atoms with Crippen molar-refractivity contribution in [3.8, 4) is 0 Å². The van der Waals surface area contributed by atoms with E-state index < -0.39 is 10.0 Å². The second-order valence-corrected chi connectivity index (χ2v) is 10.4. The lowest BCUT2D eigenvalue weighted by Crippen LogP contribution is -2.52. The van der Waals surface area contributed by atoms with Crippen LogP contribution in [0, 0.1) is 0 Å². The van der Waals surface area contributed by atoms with Crippen molar-refractivity contribution in [1.29, 1.82) is 0 Å². The average molecular weight is 457 g/mol. The molecular formula is C24H32N4O3S. The first kappa shape index (κ1) is 22.8. The normalized spacial score (nSPS) is 18.3. The van der Waals surface area contributed by atoms with Crippen molar-refractivity contribution in [2.75, 3.05) is 49.1 Å². The van der Waals surface area contributed by atoms with E-state index in [1.807, 2.05) is 6.07 Å². The highest BCUT2D eigenvalue weighted by Gasteiger charge is 2.25. The molecule has 1 atom stereocenters. The molecule has 0 spiro atoms. The summed E-state index contributed by atoms with van der Waals surface area (Å²) in [6.07, 6.45) is 1.63. The van der Waals surface area contributed by atoms with E-state index in [4.69, 9.17) is 0 Å². The Hall–Kier alpha value is -2.42. The predicted octanol–water partition coefficient (Wildman–Crippen LogP) is 2.47. The van der Waals surface area contributed by atoms with Gasteiger partial charge in [0, 0.05) is 63.6 Å². The molecule has 0 bridgehead atoms. The van der Waals surface area contributed by atoms with Crippen LogP contribution in [0.5, 0.6) is 0 Å². The number of rotatable bonds is 6. The Morgan fingerprint density at radius 2 is 1.75 bits per heavy atom. The average Bonchev–Trinajstić information content (AvgIpc) is 2.82. The van der Waals surface area contributed by atoms with Crippen molar-refractivity contribution in [3.63, 3.8) is 0 Å². The number of nitrogens with zero attached hydrogens (tertiary/aromatic N) is 3. The lowest BCUT2D eigenvalue weighted by atomic mass is 10.0. The summed E-state index contributed by atoms with van der Waals surface area (Å²) in [5.74, 6) is -0.0131. The topological polar surface area (TPSA) is 73.0 Å². The highest BCUT2D eigenvalue weighted by Crippen LogP contribution is 2.29. The number of benzene rings is 2. The van der Waals surface area contributed by atoms with Gasteiger partial charge >= 0.3 is 0 Å². The summed E-state index contributed by atoms with van der Waals surface area (Å²) < 4.78 is 28.7. The molecule has 2 aliphatic rings. The summed E-state index contributed by atoms with van der Waals surface area (Å²) in [5.41, 5.74) is 2.98. The smallest absolute Gasteiger partial charge is 0.240 e. The van der Waals surface area contributed by atoms with Crippen molar-refractivity contribution >= 4 is 27.3 Å². The Labute approximate surface area is 191 Å². The SMILES string of the molecule is CC(=O)N1CCCc2cc(S(=O)(=O)NCC(C)N3CCN(c4ccccc4)CC3)ccc21. The highest BCUT2D eigenvalue weighted by molar-refractivity contribution is 7.89. The van der Waals surface area contributed by atoms with Crippen LogP contribution in [-0.2, 0) is 21.2 Å². The summed E-state index contributed by atoms with van der Waals surface area (Å²) in [4.78, 5) is 18.5. The maximum atomic E-state index is 12.9. The summed E-state index contributed by atoms with van der Waals surface area (Å²) in [5, 5.41) is 0. The summed E-state index contributed by atoms with van der Waals surface area (Å²) in [6.45, 7) is 8.32. The molecule has 2 heterocycles. The minimum atomic E-state index is -3.61. The molecule has 0 aliphatic carbocycles. The summed E-state index contributed by atoms with van der Waals surface area (Å²) in [7, 11) is -3.61. The number of hydrogen-bond acceptors (Lipinski definition) is 5. The predicted molar refractivity (Wildman–Crippen MR) is 128 cm³/mol. The van der Waals surface area contributed by atoms with Gasteiger partial charge in [0.1, 0.15) is 0 Å². The zero-order valence-electron chi connectivity index (χ0n) is 18.8. The number of carbonyl (C=O) groups excluding carboxylic acids is 1. The second-order valence-electron chi connectivity index (χ2n) is 8.62. The number of carbonyl (C=O) groups is 1. The molecule has 0 radical (unpaired) electrons. The van der Waals surface area contributed by atoms with Gasteiger partial charge in [-0.05, 0) is 55.7 Å². The minimum Gasteiger partial charge on any atom is -0.369 e. The van der Waals surface area contributed by atoms with Gasteiger partial charge in [-0.3, -0.25) is 9.69 Å². The number of fused-ring (bicyclic) bond motifs is 1. The van der Waals surface area contributed by atoms with E-state index in [0.29, 0.717) is 13.1 Å². The monoisotopic (exact) mass is 456 g/mol. The molecule has 172 valence electrons. The first-order valence-electron chi connectivity index (χ1n) is 11.3. The van der Waals surface area contributed by atoms with Crippen molar-refractivity contribution in [2.45, 2.75) is 37.6 Å². The van der Waals surface area contributed by atoms with E-state index in [1.54, 1.807) is 30.0 Å². The lowest BCUT2D eigenvalue weighted by molar-refractivity contribution is -0.116. The van der Waals surface area contributed by atoms with Crippen LogP contribution < -0.4 is 14.5 Å².